The van der Waals surface area contributed by atoms with Crippen molar-refractivity contribution in [2.75, 3.05) is 19.4 Å². The molecule has 1 heterocycles. The number of carbonyl (C=O) groups is 1. The van der Waals surface area contributed by atoms with Crippen molar-refractivity contribution in [3.05, 3.63) is 11.8 Å². The second-order valence-corrected chi connectivity index (χ2v) is 5.38. The number of hydrogen-bond acceptors (Lipinski definition) is 8. The van der Waals surface area contributed by atoms with Crippen molar-refractivity contribution in [3.63, 3.8) is 0 Å². The van der Waals surface area contributed by atoms with Crippen molar-refractivity contribution in [1.29, 1.82) is 5.26 Å². The Hall–Kier alpha value is -2.00. The van der Waals surface area contributed by atoms with Gasteiger partial charge >= 0.3 is 6.03 Å². The van der Waals surface area contributed by atoms with E-state index in [0.717, 1.165) is 11.3 Å². The summed E-state index contributed by atoms with van der Waals surface area (Å²) in [5.41, 5.74) is 2.07. The van der Waals surface area contributed by atoms with Gasteiger partial charge in [0.1, 0.15) is 6.07 Å². The zero-order valence-corrected chi connectivity index (χ0v) is 11.5. The van der Waals surface area contributed by atoms with Crippen LogP contribution in [0.2, 0.25) is 0 Å². The van der Waals surface area contributed by atoms with Crippen LogP contribution in [0.15, 0.2) is 16.8 Å². The number of nitriles is 1. The largest absolute Gasteiger partial charge is 0.350 e. The molecule has 0 saturated carbocycles. The maximum Gasteiger partial charge on any atom is 0.350 e. The number of aliphatic imine (C=N–C) groups is 1. The summed E-state index contributed by atoms with van der Waals surface area (Å²) in [4.78, 5) is 15.3. The van der Waals surface area contributed by atoms with Crippen LogP contribution >= 0.6 is 0 Å². The van der Waals surface area contributed by atoms with E-state index in [0.29, 0.717) is 0 Å². The minimum absolute atomic E-state index is 0.00808. The van der Waals surface area contributed by atoms with Gasteiger partial charge in [-0.25, -0.2) is 15.6 Å². The lowest BCUT2D eigenvalue weighted by molar-refractivity contribution is 0.0379. The lowest BCUT2D eigenvalue weighted by atomic mass is 10.2. The van der Waals surface area contributed by atoms with Crippen molar-refractivity contribution >= 4 is 22.9 Å². The first-order chi connectivity index (χ1) is 9.34. The molecule has 1 unspecified atom stereocenters. The smallest absolute Gasteiger partial charge is 0.274 e. The summed E-state index contributed by atoms with van der Waals surface area (Å²) in [6.07, 6.45) is 1.34. The fraction of sp³-hybridized carbons (Fsp3) is 0.444. The standard InChI is InChI=1S/C9H14N6O4S/c1-12-8-7(5-10)6-15(9(16)13-11)14(8)3-4-19-20(2,17)18/h6,8H,1,3-4,11H2,2H3,(H,13,16). The number of nitrogens with one attached hydrogen (secondary N) is 1. The van der Waals surface area contributed by atoms with Gasteiger partial charge < -0.3 is 0 Å². The van der Waals surface area contributed by atoms with E-state index in [2.05, 4.69) is 15.9 Å². The van der Waals surface area contributed by atoms with Crippen LogP contribution in [0.3, 0.4) is 0 Å². The van der Waals surface area contributed by atoms with Crippen LogP contribution < -0.4 is 11.3 Å². The Morgan fingerprint density at radius 2 is 2.40 bits per heavy atom. The molecule has 0 aromatic rings. The molecular formula is C9H14N6O4S. The minimum atomic E-state index is -3.60. The summed E-state index contributed by atoms with van der Waals surface area (Å²) in [5, 5.41) is 11.3. The maximum absolute atomic E-state index is 11.6. The molecular weight excluding hydrogens is 288 g/mol. The molecule has 1 atom stereocenters. The Labute approximate surface area is 116 Å². The quantitative estimate of drug-likeness (QED) is 0.207. The number of rotatable bonds is 5. The number of carbonyl (C=O) groups excluding carboxylic acids is 1. The number of urea groups is 1. The van der Waals surface area contributed by atoms with Crippen molar-refractivity contribution in [1.82, 2.24) is 15.4 Å². The summed E-state index contributed by atoms with van der Waals surface area (Å²) in [7, 11) is -3.60. The molecule has 10 nitrogen and oxygen atoms in total. The van der Waals surface area contributed by atoms with Gasteiger partial charge in [-0.1, -0.05) is 0 Å². The Balaban J connectivity index is 2.86. The zero-order valence-electron chi connectivity index (χ0n) is 10.7. The number of nitrogens with two attached hydrogens (primary N) is 1. The van der Waals surface area contributed by atoms with E-state index in [1.54, 1.807) is 0 Å². The average Bonchev–Trinajstić information content (AvgIpc) is 2.74. The lowest BCUT2D eigenvalue weighted by Gasteiger charge is -2.29. The first-order valence-electron chi connectivity index (χ1n) is 5.32. The molecule has 0 saturated heterocycles. The molecule has 0 aromatic heterocycles. The van der Waals surface area contributed by atoms with Gasteiger partial charge in [-0.3, -0.25) is 14.6 Å². The molecule has 0 fully saturated rings. The first-order valence-corrected chi connectivity index (χ1v) is 7.14. The third-order valence-corrected chi connectivity index (χ3v) is 2.94. The number of nitrogens with zero attached hydrogens (tertiary/aromatic N) is 4. The van der Waals surface area contributed by atoms with E-state index in [-0.39, 0.29) is 18.7 Å². The van der Waals surface area contributed by atoms with Crippen LogP contribution in [-0.4, -0.2) is 56.8 Å². The second kappa shape index (κ2) is 6.44. The van der Waals surface area contributed by atoms with Crippen LogP contribution in [0.1, 0.15) is 0 Å². The molecule has 1 rings (SSSR count). The van der Waals surface area contributed by atoms with Crippen LogP contribution in [0.25, 0.3) is 0 Å². The summed E-state index contributed by atoms with van der Waals surface area (Å²) in [6, 6.07) is 1.17. The first kappa shape index (κ1) is 16.1. The highest BCUT2D eigenvalue weighted by molar-refractivity contribution is 7.85. The molecule has 3 N–H and O–H groups in total. The molecule has 0 aliphatic carbocycles. The lowest BCUT2D eigenvalue weighted by Crippen LogP contribution is -2.51. The summed E-state index contributed by atoms with van der Waals surface area (Å²) >= 11 is 0. The van der Waals surface area contributed by atoms with Gasteiger partial charge in [-0.05, 0) is 6.72 Å². The van der Waals surface area contributed by atoms with Gasteiger partial charge in [0, 0.05) is 12.7 Å². The van der Waals surface area contributed by atoms with Crippen molar-refractivity contribution in [3.8, 4) is 6.07 Å². The van der Waals surface area contributed by atoms with Gasteiger partial charge in [0.2, 0.25) is 0 Å². The Morgan fingerprint density at radius 3 is 2.85 bits per heavy atom. The molecule has 0 spiro atoms. The molecule has 110 valence electrons. The molecule has 0 bridgehead atoms. The van der Waals surface area contributed by atoms with Crippen LogP contribution in [-0.2, 0) is 14.3 Å². The van der Waals surface area contributed by atoms with Crippen LogP contribution in [0, 0.1) is 11.3 Å². The van der Waals surface area contributed by atoms with E-state index in [1.165, 1.54) is 11.2 Å². The predicted molar refractivity (Wildman–Crippen MR) is 69.1 cm³/mol. The number of hydrogen-bond donors (Lipinski definition) is 2. The number of hydrazine groups is 2. The Bertz CT molecular complexity index is 565. The minimum Gasteiger partial charge on any atom is -0.274 e. The Kier molecular flexibility index (Phi) is 5.17. The van der Waals surface area contributed by atoms with Gasteiger partial charge in [0.05, 0.1) is 18.4 Å². The highest BCUT2D eigenvalue weighted by atomic mass is 32.2. The van der Waals surface area contributed by atoms with Crippen molar-refractivity contribution in [2.24, 2.45) is 10.8 Å². The fourth-order valence-corrected chi connectivity index (χ4v) is 1.96. The van der Waals surface area contributed by atoms with Crippen molar-refractivity contribution < 1.29 is 17.4 Å². The van der Waals surface area contributed by atoms with Crippen molar-refractivity contribution in [2.45, 2.75) is 6.17 Å². The molecule has 1 aliphatic rings. The van der Waals surface area contributed by atoms with Gasteiger partial charge in [-0.2, -0.15) is 18.7 Å². The Morgan fingerprint density at radius 1 is 1.75 bits per heavy atom. The SMILES string of the molecule is C=NC1C(C#N)=CN(C(=O)NN)N1CCOS(C)(=O)=O. The second-order valence-electron chi connectivity index (χ2n) is 3.74. The van der Waals surface area contributed by atoms with E-state index in [4.69, 9.17) is 11.1 Å². The van der Waals surface area contributed by atoms with Crippen LogP contribution in [0.4, 0.5) is 4.79 Å². The fourth-order valence-electron chi connectivity index (χ4n) is 1.58. The van der Waals surface area contributed by atoms with Gasteiger partial charge in [0.25, 0.3) is 10.1 Å². The van der Waals surface area contributed by atoms with E-state index in [1.807, 2.05) is 11.5 Å². The summed E-state index contributed by atoms with van der Waals surface area (Å²) in [6.45, 7) is 3.11. The maximum atomic E-state index is 11.6. The topological polar surface area (TPSA) is 141 Å². The van der Waals surface area contributed by atoms with E-state index < -0.39 is 22.3 Å². The van der Waals surface area contributed by atoms with Crippen LogP contribution in [0.5, 0.6) is 0 Å². The van der Waals surface area contributed by atoms with E-state index in [9.17, 15) is 13.2 Å². The van der Waals surface area contributed by atoms with Gasteiger partial charge in [-0.15, -0.1) is 0 Å². The average molecular weight is 302 g/mol. The third kappa shape index (κ3) is 3.75. The third-order valence-electron chi connectivity index (χ3n) is 2.35. The molecule has 0 aromatic carbocycles. The summed E-state index contributed by atoms with van der Waals surface area (Å²) < 4.78 is 26.4. The molecule has 1 aliphatic heterocycles. The highest BCUT2D eigenvalue weighted by Gasteiger charge is 2.35. The highest BCUT2D eigenvalue weighted by Crippen LogP contribution is 2.23. The summed E-state index contributed by atoms with van der Waals surface area (Å²) in [5.74, 6) is 5.03. The molecule has 11 heteroatoms. The molecule has 20 heavy (non-hydrogen) atoms. The normalized spacial score (nSPS) is 19.4. The zero-order chi connectivity index (χ0) is 15.3. The predicted octanol–water partition coefficient (Wildman–Crippen LogP) is -1.49. The molecule has 2 amide bonds. The van der Waals surface area contributed by atoms with Gasteiger partial charge in [0.15, 0.2) is 6.17 Å². The van der Waals surface area contributed by atoms with E-state index >= 15 is 0 Å². The molecule has 0 radical (unpaired) electrons. The number of amides is 2. The monoisotopic (exact) mass is 302 g/mol.